The molecule has 0 aromatic heterocycles. The first-order valence-corrected chi connectivity index (χ1v) is 6.60. The lowest BCUT2D eigenvalue weighted by Crippen LogP contribution is -2.06. The zero-order valence-electron chi connectivity index (χ0n) is 12.6. The Bertz CT molecular complexity index is 621. The first kappa shape index (κ1) is 17.4. The number of benzene rings is 1. The third-order valence-corrected chi connectivity index (χ3v) is 2.94. The van der Waals surface area contributed by atoms with E-state index < -0.39 is 16.9 Å². The highest BCUT2D eigenvalue weighted by Gasteiger charge is 2.18. The van der Waals surface area contributed by atoms with Gasteiger partial charge in [0.15, 0.2) is 0 Å². The number of non-ortho nitro benzene ring substituents is 1. The summed E-state index contributed by atoms with van der Waals surface area (Å²) in [5.41, 5.74) is 0.908. The highest BCUT2D eigenvalue weighted by Crippen LogP contribution is 2.24. The van der Waals surface area contributed by atoms with Crippen LogP contribution in [-0.2, 0) is 14.3 Å². The molecule has 1 aromatic rings. The molecule has 0 unspecified atom stereocenters. The first-order chi connectivity index (χ1) is 10.4. The quantitative estimate of drug-likeness (QED) is 0.455. The van der Waals surface area contributed by atoms with Crippen LogP contribution in [0.15, 0.2) is 18.2 Å². The summed E-state index contributed by atoms with van der Waals surface area (Å²) in [5.74, 6) is -1.05. The zero-order chi connectivity index (χ0) is 16.7. The van der Waals surface area contributed by atoms with Crippen molar-refractivity contribution in [2.24, 2.45) is 0 Å². The van der Waals surface area contributed by atoms with Crippen LogP contribution in [0, 0.1) is 17.0 Å². The van der Waals surface area contributed by atoms with Crippen LogP contribution in [0.1, 0.15) is 34.8 Å². The summed E-state index contributed by atoms with van der Waals surface area (Å²) in [6.45, 7) is 3.64. The molecule has 0 aliphatic heterocycles. The van der Waals surface area contributed by atoms with Crippen molar-refractivity contribution in [3.8, 4) is 0 Å². The number of nitro benzene ring substituents is 1. The third-order valence-electron chi connectivity index (χ3n) is 2.94. The summed E-state index contributed by atoms with van der Waals surface area (Å²) in [4.78, 5) is 33.3. The van der Waals surface area contributed by atoms with Gasteiger partial charge < -0.3 is 9.47 Å². The molecule has 0 radical (unpaired) electrons. The van der Waals surface area contributed by atoms with Gasteiger partial charge in [-0.1, -0.05) is 12.2 Å². The maximum Gasteiger partial charge on any atom is 0.338 e. The molecule has 7 heteroatoms. The van der Waals surface area contributed by atoms with Gasteiger partial charge in [-0.25, -0.2) is 4.79 Å². The number of ether oxygens (including phenoxy) is 2. The van der Waals surface area contributed by atoms with Gasteiger partial charge >= 0.3 is 11.9 Å². The molecule has 0 fully saturated rings. The highest BCUT2D eigenvalue weighted by atomic mass is 16.6. The van der Waals surface area contributed by atoms with Gasteiger partial charge in [0, 0.05) is 12.1 Å². The van der Waals surface area contributed by atoms with Gasteiger partial charge in [-0.15, -0.1) is 0 Å². The van der Waals surface area contributed by atoms with E-state index in [0.29, 0.717) is 11.1 Å². The minimum Gasteiger partial charge on any atom is -0.466 e. The first-order valence-electron chi connectivity index (χ1n) is 6.60. The molecule has 0 aliphatic carbocycles. The van der Waals surface area contributed by atoms with E-state index in [1.54, 1.807) is 19.9 Å². The average Bonchev–Trinajstić information content (AvgIpc) is 2.48. The SMILES string of the molecule is CCOC(=O)CC=Cc1cc([N+](=O)[O-])cc(C(=O)OC)c1C. The number of nitro groups is 1. The number of esters is 2. The van der Waals surface area contributed by atoms with Gasteiger partial charge in [-0.3, -0.25) is 14.9 Å². The summed E-state index contributed by atoms with van der Waals surface area (Å²) in [7, 11) is 1.21. The fourth-order valence-electron chi connectivity index (χ4n) is 1.82. The lowest BCUT2D eigenvalue weighted by Gasteiger charge is -2.07. The molecule has 0 N–H and O–H groups in total. The second-order valence-corrected chi connectivity index (χ2v) is 4.37. The number of methoxy groups -OCH3 is 1. The number of carbonyl (C=O) groups is 2. The van der Waals surface area contributed by atoms with Crippen LogP contribution in [-0.4, -0.2) is 30.6 Å². The van der Waals surface area contributed by atoms with Crippen LogP contribution in [0.5, 0.6) is 0 Å². The van der Waals surface area contributed by atoms with Gasteiger partial charge in [0.25, 0.3) is 5.69 Å². The van der Waals surface area contributed by atoms with E-state index in [-0.39, 0.29) is 24.3 Å². The number of carbonyl (C=O) groups excluding carboxylic acids is 2. The Balaban J connectivity index is 3.15. The van der Waals surface area contributed by atoms with Crippen LogP contribution in [0.2, 0.25) is 0 Å². The van der Waals surface area contributed by atoms with Crippen LogP contribution >= 0.6 is 0 Å². The van der Waals surface area contributed by atoms with Crippen molar-refractivity contribution in [3.05, 3.63) is 45.0 Å². The van der Waals surface area contributed by atoms with Crippen LogP contribution in [0.4, 0.5) is 5.69 Å². The smallest absolute Gasteiger partial charge is 0.338 e. The van der Waals surface area contributed by atoms with Crippen molar-refractivity contribution in [3.63, 3.8) is 0 Å². The standard InChI is InChI=1S/C15H17NO6/c1-4-22-14(17)7-5-6-11-8-12(16(19)20)9-13(10(11)2)15(18)21-3/h5-6,8-9H,4,7H2,1-3H3. The number of rotatable bonds is 6. The molecule has 0 amide bonds. The topological polar surface area (TPSA) is 95.7 Å². The molecule has 0 aliphatic rings. The van der Waals surface area contributed by atoms with E-state index in [9.17, 15) is 19.7 Å². The Morgan fingerprint density at radius 2 is 2.05 bits per heavy atom. The third kappa shape index (κ3) is 4.41. The van der Waals surface area contributed by atoms with Crippen molar-refractivity contribution in [2.45, 2.75) is 20.3 Å². The van der Waals surface area contributed by atoms with Gasteiger partial charge in [0.05, 0.1) is 30.6 Å². The largest absolute Gasteiger partial charge is 0.466 e. The maximum absolute atomic E-state index is 11.7. The molecule has 22 heavy (non-hydrogen) atoms. The molecule has 0 atom stereocenters. The van der Waals surface area contributed by atoms with Crippen molar-refractivity contribution in [2.75, 3.05) is 13.7 Å². The molecule has 0 bridgehead atoms. The lowest BCUT2D eigenvalue weighted by atomic mass is 10.0. The Labute approximate surface area is 127 Å². The molecular formula is C15H17NO6. The Morgan fingerprint density at radius 1 is 1.36 bits per heavy atom. The van der Waals surface area contributed by atoms with E-state index in [1.807, 2.05) is 0 Å². The van der Waals surface area contributed by atoms with Crippen LogP contribution < -0.4 is 0 Å². The fourth-order valence-corrected chi connectivity index (χ4v) is 1.82. The summed E-state index contributed by atoms with van der Waals surface area (Å²) in [5, 5.41) is 11.0. The molecule has 0 saturated heterocycles. The molecule has 0 heterocycles. The van der Waals surface area contributed by atoms with Crippen molar-refractivity contribution < 1.29 is 24.0 Å². The minimum absolute atomic E-state index is 0.0452. The summed E-state index contributed by atoms with van der Waals surface area (Å²) >= 11 is 0. The van der Waals surface area contributed by atoms with Crippen LogP contribution in [0.3, 0.4) is 0 Å². The monoisotopic (exact) mass is 307 g/mol. The van der Waals surface area contributed by atoms with E-state index in [0.717, 1.165) is 0 Å². The van der Waals surface area contributed by atoms with Crippen molar-refractivity contribution in [1.82, 2.24) is 0 Å². The number of nitrogens with zero attached hydrogens (tertiary/aromatic N) is 1. The minimum atomic E-state index is -0.652. The molecule has 0 spiro atoms. The average molecular weight is 307 g/mol. The Morgan fingerprint density at radius 3 is 2.59 bits per heavy atom. The Hall–Kier alpha value is -2.70. The predicted molar refractivity (Wildman–Crippen MR) is 79.5 cm³/mol. The maximum atomic E-state index is 11.7. The molecule has 118 valence electrons. The number of hydrogen-bond acceptors (Lipinski definition) is 6. The van der Waals surface area contributed by atoms with E-state index in [1.165, 1.54) is 25.3 Å². The van der Waals surface area contributed by atoms with Gasteiger partial charge in [0.1, 0.15) is 0 Å². The van der Waals surface area contributed by atoms with Crippen molar-refractivity contribution in [1.29, 1.82) is 0 Å². The molecule has 1 aromatic carbocycles. The van der Waals surface area contributed by atoms with Gasteiger partial charge in [0.2, 0.25) is 0 Å². The van der Waals surface area contributed by atoms with Crippen molar-refractivity contribution >= 4 is 23.7 Å². The molecule has 1 rings (SSSR count). The van der Waals surface area contributed by atoms with E-state index in [4.69, 9.17) is 4.74 Å². The summed E-state index contributed by atoms with van der Waals surface area (Å²) in [6.07, 6.45) is 3.13. The Kier molecular flexibility index (Phi) is 6.25. The summed E-state index contributed by atoms with van der Waals surface area (Å²) < 4.78 is 9.40. The fraction of sp³-hybridized carbons (Fsp3) is 0.333. The van der Waals surface area contributed by atoms with Gasteiger partial charge in [-0.2, -0.15) is 0 Å². The lowest BCUT2D eigenvalue weighted by molar-refractivity contribution is -0.384. The highest BCUT2D eigenvalue weighted by molar-refractivity contribution is 5.93. The molecule has 0 saturated carbocycles. The van der Waals surface area contributed by atoms with E-state index >= 15 is 0 Å². The van der Waals surface area contributed by atoms with Gasteiger partial charge in [-0.05, 0) is 25.0 Å². The summed E-state index contributed by atoms with van der Waals surface area (Å²) in [6, 6.07) is 2.51. The normalized spacial score (nSPS) is 10.5. The number of hydrogen-bond donors (Lipinski definition) is 0. The second kappa shape index (κ2) is 7.92. The molecule has 7 nitrogen and oxygen atoms in total. The predicted octanol–water partition coefficient (Wildman–Crippen LogP) is 2.66. The van der Waals surface area contributed by atoms with Crippen LogP contribution in [0.25, 0.3) is 6.08 Å². The zero-order valence-corrected chi connectivity index (χ0v) is 12.6. The molecular weight excluding hydrogens is 290 g/mol. The second-order valence-electron chi connectivity index (χ2n) is 4.37. The van der Waals surface area contributed by atoms with E-state index in [2.05, 4.69) is 4.74 Å².